The first kappa shape index (κ1) is 16.5. The molecule has 2 N–H and O–H groups in total. The van der Waals surface area contributed by atoms with Crippen molar-refractivity contribution in [1.82, 2.24) is 19.8 Å². The molecule has 0 saturated carbocycles. The molecule has 6 heteroatoms. The number of aliphatic hydroxyl groups is 1. The number of β-amino-alcohol motifs (C(OH)–C–C–N with tert-alkyl or cyclic N) is 1. The maximum absolute atomic E-state index is 12.1. The lowest BCUT2D eigenvalue weighted by atomic mass is 10.1. The second-order valence-corrected chi connectivity index (χ2v) is 6.18. The van der Waals surface area contributed by atoms with Crippen LogP contribution in [-0.2, 0) is 13.0 Å². The fourth-order valence-corrected chi connectivity index (χ4v) is 3.02. The fourth-order valence-electron chi connectivity index (χ4n) is 3.02. The van der Waals surface area contributed by atoms with Gasteiger partial charge in [-0.05, 0) is 18.4 Å². The number of rotatable bonds is 5. The van der Waals surface area contributed by atoms with E-state index in [4.69, 9.17) is 0 Å². The van der Waals surface area contributed by atoms with Crippen LogP contribution in [0.1, 0.15) is 24.2 Å². The zero-order valence-corrected chi connectivity index (χ0v) is 13.8. The van der Waals surface area contributed by atoms with Gasteiger partial charge in [0.05, 0.1) is 6.10 Å². The number of urea groups is 1. The van der Waals surface area contributed by atoms with Gasteiger partial charge in [-0.1, -0.05) is 30.3 Å². The molecule has 1 aliphatic rings. The largest absolute Gasteiger partial charge is 0.391 e. The summed E-state index contributed by atoms with van der Waals surface area (Å²) >= 11 is 0. The van der Waals surface area contributed by atoms with Crippen LogP contribution >= 0.6 is 0 Å². The van der Waals surface area contributed by atoms with Crippen molar-refractivity contribution in [3.8, 4) is 0 Å². The van der Waals surface area contributed by atoms with Gasteiger partial charge in [-0.25, -0.2) is 9.78 Å². The predicted octanol–water partition coefficient (Wildman–Crippen LogP) is 1.64. The number of nitrogens with zero attached hydrogens (tertiary/aromatic N) is 3. The van der Waals surface area contributed by atoms with Crippen LogP contribution in [0.3, 0.4) is 0 Å². The number of likely N-dealkylation sites (tertiary alicyclic amines) is 1. The molecule has 1 saturated heterocycles. The Kier molecular flexibility index (Phi) is 5.48. The number of imidazole rings is 1. The molecule has 2 heterocycles. The van der Waals surface area contributed by atoms with Gasteiger partial charge in [-0.2, -0.15) is 0 Å². The first-order chi connectivity index (χ1) is 11.7. The number of aromatic nitrogens is 2. The standard InChI is InChI=1S/C18H24N4O2/c23-16-7-4-11-22(14-16)18(24)20-9-8-17-19-10-12-21(17)13-15-5-2-1-3-6-15/h1-3,5-6,10,12,16,23H,4,7-9,11,13-14H2,(H,20,24). The Bertz CT molecular complexity index is 656. The third-order valence-electron chi connectivity index (χ3n) is 4.31. The number of hydrogen-bond donors (Lipinski definition) is 2. The minimum absolute atomic E-state index is 0.102. The average Bonchev–Trinajstić information content (AvgIpc) is 3.03. The maximum atomic E-state index is 12.1. The number of nitrogens with one attached hydrogen (secondary N) is 1. The number of carbonyl (C=O) groups excluding carboxylic acids is 1. The van der Waals surface area contributed by atoms with Gasteiger partial charge in [0.2, 0.25) is 0 Å². The Morgan fingerprint density at radius 2 is 2.17 bits per heavy atom. The van der Waals surface area contributed by atoms with Crippen LogP contribution in [0.2, 0.25) is 0 Å². The third-order valence-corrected chi connectivity index (χ3v) is 4.31. The maximum Gasteiger partial charge on any atom is 0.317 e. The van der Waals surface area contributed by atoms with E-state index in [9.17, 15) is 9.90 Å². The van der Waals surface area contributed by atoms with E-state index in [0.29, 0.717) is 26.1 Å². The summed E-state index contributed by atoms with van der Waals surface area (Å²) in [6, 6.07) is 10.1. The number of aliphatic hydroxyl groups excluding tert-OH is 1. The number of hydrogen-bond acceptors (Lipinski definition) is 3. The molecule has 0 bridgehead atoms. The van der Waals surface area contributed by atoms with Gasteiger partial charge in [0.1, 0.15) is 5.82 Å². The molecule has 1 aromatic carbocycles. The zero-order chi connectivity index (χ0) is 16.8. The monoisotopic (exact) mass is 328 g/mol. The van der Waals surface area contributed by atoms with Crippen LogP contribution < -0.4 is 5.32 Å². The van der Waals surface area contributed by atoms with Crippen molar-refractivity contribution in [2.24, 2.45) is 0 Å². The lowest BCUT2D eigenvalue weighted by molar-refractivity contribution is 0.0843. The Balaban J connectivity index is 1.49. The minimum Gasteiger partial charge on any atom is -0.391 e. The van der Waals surface area contributed by atoms with Crippen molar-refractivity contribution in [2.45, 2.75) is 31.9 Å². The molecule has 128 valence electrons. The summed E-state index contributed by atoms with van der Waals surface area (Å²) in [6.45, 7) is 2.46. The molecular formula is C18H24N4O2. The van der Waals surface area contributed by atoms with Crippen LogP contribution in [-0.4, -0.2) is 51.3 Å². The SMILES string of the molecule is O=C(NCCc1nccn1Cc1ccccc1)N1CCCC(O)C1. The molecule has 1 aliphatic heterocycles. The molecule has 1 aromatic heterocycles. The van der Waals surface area contributed by atoms with Gasteiger partial charge in [-0.3, -0.25) is 0 Å². The van der Waals surface area contributed by atoms with Crippen molar-refractivity contribution in [2.75, 3.05) is 19.6 Å². The van der Waals surface area contributed by atoms with E-state index < -0.39 is 6.10 Å². The smallest absolute Gasteiger partial charge is 0.317 e. The highest BCUT2D eigenvalue weighted by atomic mass is 16.3. The molecule has 1 fully saturated rings. The topological polar surface area (TPSA) is 70.4 Å². The Morgan fingerprint density at radius 3 is 2.96 bits per heavy atom. The van der Waals surface area contributed by atoms with Crippen LogP contribution in [0.5, 0.6) is 0 Å². The van der Waals surface area contributed by atoms with Crippen molar-refractivity contribution in [3.05, 3.63) is 54.1 Å². The van der Waals surface area contributed by atoms with Gasteiger partial charge >= 0.3 is 6.03 Å². The Morgan fingerprint density at radius 1 is 1.33 bits per heavy atom. The Hall–Kier alpha value is -2.34. The number of benzene rings is 1. The molecule has 3 rings (SSSR count). The molecule has 0 spiro atoms. The second kappa shape index (κ2) is 7.97. The third kappa shape index (κ3) is 4.35. The van der Waals surface area contributed by atoms with Gasteiger partial charge in [0.15, 0.2) is 0 Å². The van der Waals surface area contributed by atoms with E-state index in [1.54, 1.807) is 11.1 Å². The summed E-state index contributed by atoms with van der Waals surface area (Å²) in [5.74, 6) is 0.956. The van der Waals surface area contributed by atoms with E-state index in [2.05, 4.69) is 27.0 Å². The highest BCUT2D eigenvalue weighted by Crippen LogP contribution is 2.10. The molecule has 2 amide bonds. The van der Waals surface area contributed by atoms with Gasteiger partial charge in [-0.15, -0.1) is 0 Å². The summed E-state index contributed by atoms with van der Waals surface area (Å²) in [6.07, 6.45) is 5.68. The first-order valence-corrected chi connectivity index (χ1v) is 8.47. The molecule has 1 atom stereocenters. The van der Waals surface area contributed by atoms with Crippen LogP contribution in [0.25, 0.3) is 0 Å². The van der Waals surface area contributed by atoms with E-state index in [-0.39, 0.29) is 6.03 Å². The number of piperidine rings is 1. The molecule has 0 aliphatic carbocycles. The summed E-state index contributed by atoms with van der Waals surface area (Å²) in [5, 5.41) is 12.6. The number of carbonyl (C=O) groups is 1. The predicted molar refractivity (Wildman–Crippen MR) is 91.7 cm³/mol. The summed E-state index contributed by atoms with van der Waals surface area (Å²) < 4.78 is 2.10. The average molecular weight is 328 g/mol. The normalized spacial score (nSPS) is 17.7. The number of amides is 2. The quantitative estimate of drug-likeness (QED) is 0.876. The summed E-state index contributed by atoms with van der Waals surface area (Å²) in [7, 11) is 0. The van der Waals surface area contributed by atoms with Crippen LogP contribution in [0.4, 0.5) is 4.79 Å². The molecule has 1 unspecified atom stereocenters. The highest BCUT2D eigenvalue weighted by molar-refractivity contribution is 5.74. The first-order valence-electron chi connectivity index (χ1n) is 8.47. The van der Waals surface area contributed by atoms with Crippen LogP contribution in [0.15, 0.2) is 42.7 Å². The van der Waals surface area contributed by atoms with Crippen molar-refractivity contribution < 1.29 is 9.90 Å². The van der Waals surface area contributed by atoms with E-state index in [1.165, 1.54) is 5.56 Å². The molecular weight excluding hydrogens is 304 g/mol. The zero-order valence-electron chi connectivity index (χ0n) is 13.8. The van der Waals surface area contributed by atoms with Crippen molar-refractivity contribution in [1.29, 1.82) is 0 Å². The minimum atomic E-state index is -0.394. The molecule has 24 heavy (non-hydrogen) atoms. The lowest BCUT2D eigenvalue weighted by Gasteiger charge is -2.30. The molecule has 2 aromatic rings. The Labute approximate surface area is 142 Å². The second-order valence-electron chi connectivity index (χ2n) is 6.18. The van der Waals surface area contributed by atoms with Crippen molar-refractivity contribution in [3.63, 3.8) is 0 Å². The highest BCUT2D eigenvalue weighted by Gasteiger charge is 2.21. The van der Waals surface area contributed by atoms with E-state index in [0.717, 1.165) is 25.2 Å². The lowest BCUT2D eigenvalue weighted by Crippen LogP contribution is -2.47. The fraction of sp³-hybridized carbons (Fsp3) is 0.444. The summed E-state index contributed by atoms with van der Waals surface area (Å²) in [4.78, 5) is 18.2. The van der Waals surface area contributed by atoms with E-state index in [1.807, 2.05) is 24.4 Å². The van der Waals surface area contributed by atoms with Gasteiger partial charge < -0.3 is 19.9 Å². The van der Waals surface area contributed by atoms with Gasteiger partial charge in [0, 0.05) is 45.0 Å². The van der Waals surface area contributed by atoms with E-state index >= 15 is 0 Å². The molecule has 6 nitrogen and oxygen atoms in total. The summed E-state index contributed by atoms with van der Waals surface area (Å²) in [5.41, 5.74) is 1.23. The molecule has 0 radical (unpaired) electrons. The van der Waals surface area contributed by atoms with Gasteiger partial charge in [0.25, 0.3) is 0 Å². The van der Waals surface area contributed by atoms with Crippen molar-refractivity contribution >= 4 is 6.03 Å². The van der Waals surface area contributed by atoms with Crippen LogP contribution in [0, 0.1) is 0 Å².